The largest absolute Gasteiger partial charge is 0.340 e. The van der Waals surface area contributed by atoms with E-state index in [9.17, 15) is 4.79 Å². The van der Waals surface area contributed by atoms with Crippen LogP contribution in [0.2, 0.25) is 0 Å². The number of piperazine rings is 1. The van der Waals surface area contributed by atoms with Crippen LogP contribution in [0.5, 0.6) is 0 Å². The molecule has 1 aliphatic heterocycles. The summed E-state index contributed by atoms with van der Waals surface area (Å²) in [6.07, 6.45) is 10.9. The molecule has 0 N–H and O–H groups in total. The van der Waals surface area contributed by atoms with Crippen molar-refractivity contribution < 1.29 is 4.79 Å². The summed E-state index contributed by atoms with van der Waals surface area (Å²) in [6.45, 7) is 4.35. The first-order chi connectivity index (χ1) is 13.2. The molecular formula is C21H27N5O. The molecule has 0 spiro atoms. The number of rotatable bonds is 4. The van der Waals surface area contributed by atoms with Crippen molar-refractivity contribution in [3.63, 3.8) is 0 Å². The summed E-state index contributed by atoms with van der Waals surface area (Å²) in [5.41, 5.74) is 3.18. The van der Waals surface area contributed by atoms with E-state index in [2.05, 4.69) is 38.1 Å². The van der Waals surface area contributed by atoms with Crippen molar-refractivity contribution in [1.82, 2.24) is 24.6 Å². The highest BCUT2D eigenvalue weighted by Crippen LogP contribution is 2.22. The molecule has 1 saturated heterocycles. The minimum absolute atomic E-state index is 0.195. The van der Waals surface area contributed by atoms with Crippen molar-refractivity contribution in [2.24, 2.45) is 13.0 Å². The molecule has 142 valence electrons. The Bertz CT molecular complexity index is 805. The summed E-state index contributed by atoms with van der Waals surface area (Å²) in [5, 5.41) is 4.63. The molecule has 1 amide bonds. The number of carbonyl (C=O) groups is 1. The third-order valence-electron chi connectivity index (χ3n) is 5.62. The van der Waals surface area contributed by atoms with Crippen LogP contribution in [0.1, 0.15) is 25.0 Å². The van der Waals surface area contributed by atoms with Crippen molar-refractivity contribution >= 4 is 5.91 Å². The van der Waals surface area contributed by atoms with E-state index in [1.807, 2.05) is 30.1 Å². The monoisotopic (exact) mass is 365 g/mol. The highest BCUT2D eigenvalue weighted by Gasteiger charge is 2.27. The number of hydrogen-bond acceptors (Lipinski definition) is 4. The standard InChI is InChI=1S/C21H27N5O/c1-24-19(14-20(23-24)18-8-5-9-22-15-18)16-25-10-12-26(13-11-25)21(27)17-6-3-2-4-7-17/h2-3,5,8-9,14-15,17H,4,6-7,10-13,16H2,1H3/t17-/m1/s1. The number of amides is 1. The van der Waals surface area contributed by atoms with E-state index in [0.29, 0.717) is 5.91 Å². The van der Waals surface area contributed by atoms with Crippen LogP contribution in [-0.4, -0.2) is 56.7 Å². The van der Waals surface area contributed by atoms with Gasteiger partial charge in [-0.3, -0.25) is 19.4 Å². The molecule has 6 nitrogen and oxygen atoms in total. The zero-order valence-electron chi connectivity index (χ0n) is 15.9. The van der Waals surface area contributed by atoms with Crippen LogP contribution in [0.4, 0.5) is 0 Å². The van der Waals surface area contributed by atoms with E-state index < -0.39 is 0 Å². The van der Waals surface area contributed by atoms with Gasteiger partial charge in [-0.2, -0.15) is 5.10 Å². The summed E-state index contributed by atoms with van der Waals surface area (Å²) in [7, 11) is 1.99. The minimum atomic E-state index is 0.195. The lowest BCUT2D eigenvalue weighted by molar-refractivity contribution is -0.137. The van der Waals surface area contributed by atoms with Crippen molar-refractivity contribution in [3.05, 3.63) is 48.4 Å². The van der Waals surface area contributed by atoms with Gasteiger partial charge in [0.05, 0.1) is 11.4 Å². The number of allylic oxidation sites excluding steroid dienone is 2. The Kier molecular flexibility index (Phi) is 5.34. The fourth-order valence-corrected chi connectivity index (χ4v) is 3.94. The van der Waals surface area contributed by atoms with Crippen LogP contribution in [0, 0.1) is 5.92 Å². The zero-order chi connectivity index (χ0) is 18.6. The first kappa shape index (κ1) is 17.9. The van der Waals surface area contributed by atoms with Gasteiger partial charge < -0.3 is 4.90 Å². The van der Waals surface area contributed by atoms with Gasteiger partial charge in [-0.05, 0) is 37.5 Å². The van der Waals surface area contributed by atoms with E-state index in [1.165, 1.54) is 5.69 Å². The molecule has 1 fully saturated rings. The third-order valence-corrected chi connectivity index (χ3v) is 5.62. The second kappa shape index (κ2) is 8.05. The summed E-state index contributed by atoms with van der Waals surface area (Å²) >= 11 is 0. The average molecular weight is 365 g/mol. The third kappa shape index (κ3) is 4.11. The van der Waals surface area contributed by atoms with Crippen LogP contribution >= 0.6 is 0 Å². The van der Waals surface area contributed by atoms with Gasteiger partial charge in [0, 0.05) is 63.6 Å². The number of pyridine rings is 1. The van der Waals surface area contributed by atoms with Crippen molar-refractivity contribution in [2.45, 2.75) is 25.8 Å². The van der Waals surface area contributed by atoms with Crippen LogP contribution < -0.4 is 0 Å². The highest BCUT2D eigenvalue weighted by atomic mass is 16.2. The van der Waals surface area contributed by atoms with Gasteiger partial charge in [0.1, 0.15) is 0 Å². The molecule has 0 saturated carbocycles. The van der Waals surface area contributed by atoms with Gasteiger partial charge >= 0.3 is 0 Å². The fourth-order valence-electron chi connectivity index (χ4n) is 3.94. The number of hydrogen-bond donors (Lipinski definition) is 0. The molecule has 0 aromatic carbocycles. The van der Waals surface area contributed by atoms with Gasteiger partial charge in [0.2, 0.25) is 5.91 Å². The molecule has 2 aliphatic rings. The smallest absolute Gasteiger partial charge is 0.226 e. The van der Waals surface area contributed by atoms with E-state index in [1.54, 1.807) is 6.20 Å². The molecule has 0 bridgehead atoms. The molecule has 4 rings (SSSR count). The van der Waals surface area contributed by atoms with Gasteiger partial charge in [0.15, 0.2) is 0 Å². The number of aromatic nitrogens is 3. The Morgan fingerprint density at radius 2 is 2.07 bits per heavy atom. The molecule has 27 heavy (non-hydrogen) atoms. The maximum atomic E-state index is 12.7. The quantitative estimate of drug-likeness (QED) is 0.781. The lowest BCUT2D eigenvalue weighted by atomic mass is 9.93. The highest BCUT2D eigenvalue weighted by molar-refractivity contribution is 5.79. The first-order valence-electron chi connectivity index (χ1n) is 9.80. The van der Waals surface area contributed by atoms with Crippen molar-refractivity contribution in [3.8, 4) is 11.3 Å². The Morgan fingerprint density at radius 1 is 1.22 bits per heavy atom. The Hall–Kier alpha value is -2.47. The van der Waals surface area contributed by atoms with Gasteiger partial charge in [-0.25, -0.2) is 0 Å². The van der Waals surface area contributed by atoms with Crippen molar-refractivity contribution in [1.29, 1.82) is 0 Å². The topological polar surface area (TPSA) is 54.3 Å². The maximum Gasteiger partial charge on any atom is 0.226 e. The number of aryl methyl sites for hydroxylation is 1. The Labute approximate surface area is 160 Å². The molecule has 2 aromatic rings. The molecule has 0 unspecified atom stereocenters. The summed E-state index contributed by atoms with van der Waals surface area (Å²) in [6, 6.07) is 6.11. The summed E-state index contributed by atoms with van der Waals surface area (Å²) < 4.78 is 1.95. The maximum absolute atomic E-state index is 12.7. The zero-order valence-corrected chi connectivity index (χ0v) is 15.9. The molecule has 2 aromatic heterocycles. The van der Waals surface area contributed by atoms with Crippen LogP contribution in [-0.2, 0) is 18.4 Å². The molecular weight excluding hydrogens is 338 g/mol. The average Bonchev–Trinajstić information content (AvgIpc) is 3.10. The van der Waals surface area contributed by atoms with Gasteiger partial charge in [-0.15, -0.1) is 0 Å². The molecule has 3 heterocycles. The van der Waals surface area contributed by atoms with Crippen molar-refractivity contribution in [2.75, 3.05) is 26.2 Å². The van der Waals surface area contributed by atoms with Gasteiger partial charge in [-0.1, -0.05) is 12.2 Å². The molecule has 1 atom stereocenters. The Balaban J connectivity index is 1.34. The van der Waals surface area contributed by atoms with Gasteiger partial charge in [0.25, 0.3) is 0 Å². The molecule has 6 heteroatoms. The summed E-state index contributed by atoms with van der Waals surface area (Å²) in [5.74, 6) is 0.541. The predicted octanol–water partition coefficient (Wildman–Crippen LogP) is 2.48. The second-order valence-electron chi connectivity index (χ2n) is 7.47. The van der Waals surface area contributed by atoms with E-state index in [4.69, 9.17) is 0 Å². The minimum Gasteiger partial charge on any atom is -0.340 e. The fraction of sp³-hybridized carbons (Fsp3) is 0.476. The lowest BCUT2D eigenvalue weighted by Crippen LogP contribution is -2.50. The second-order valence-corrected chi connectivity index (χ2v) is 7.47. The predicted molar refractivity (Wildman–Crippen MR) is 105 cm³/mol. The SMILES string of the molecule is Cn1nc(-c2cccnc2)cc1CN1CCN(C(=O)[C@@H]2CC=CCC2)CC1. The lowest BCUT2D eigenvalue weighted by Gasteiger charge is -2.36. The normalized spacial score (nSPS) is 20.8. The van der Waals surface area contributed by atoms with Crippen LogP contribution in [0.15, 0.2) is 42.7 Å². The Morgan fingerprint density at radius 3 is 2.78 bits per heavy atom. The summed E-state index contributed by atoms with van der Waals surface area (Å²) in [4.78, 5) is 21.3. The first-order valence-corrected chi connectivity index (χ1v) is 9.80. The molecule has 0 radical (unpaired) electrons. The van der Waals surface area contributed by atoms with E-state index >= 15 is 0 Å². The van der Waals surface area contributed by atoms with E-state index in [-0.39, 0.29) is 5.92 Å². The van der Waals surface area contributed by atoms with E-state index in [0.717, 1.165) is 63.2 Å². The van der Waals surface area contributed by atoms with Crippen LogP contribution in [0.25, 0.3) is 11.3 Å². The molecule has 1 aliphatic carbocycles. The van der Waals surface area contributed by atoms with Crippen LogP contribution in [0.3, 0.4) is 0 Å². The number of nitrogens with zero attached hydrogens (tertiary/aromatic N) is 5. The number of carbonyl (C=O) groups excluding carboxylic acids is 1.